The lowest BCUT2D eigenvalue weighted by molar-refractivity contribution is -0.128. The maximum Gasteiger partial charge on any atom is 0.230 e. The van der Waals surface area contributed by atoms with Crippen molar-refractivity contribution < 1.29 is 9.59 Å². The molecule has 1 aromatic carbocycles. The van der Waals surface area contributed by atoms with E-state index in [9.17, 15) is 9.59 Å². The van der Waals surface area contributed by atoms with Gasteiger partial charge in [-0.1, -0.05) is 31.4 Å². The molecule has 4 rings (SSSR count). The lowest BCUT2D eigenvalue weighted by Gasteiger charge is -2.36. The number of carbonyl (C=O) groups excluding carboxylic acids is 2. The van der Waals surface area contributed by atoms with Gasteiger partial charge in [0.25, 0.3) is 0 Å². The van der Waals surface area contributed by atoms with Gasteiger partial charge in [0, 0.05) is 18.2 Å². The summed E-state index contributed by atoms with van der Waals surface area (Å²) in [6.07, 6.45) is 9.81. The predicted molar refractivity (Wildman–Crippen MR) is 98.3 cm³/mol. The second kappa shape index (κ2) is 6.81. The fourth-order valence-electron chi connectivity index (χ4n) is 3.99. The average molecular weight is 340 g/mol. The predicted octanol–water partition coefficient (Wildman–Crippen LogP) is 3.76. The van der Waals surface area contributed by atoms with Crippen LogP contribution in [-0.2, 0) is 15.0 Å². The van der Waals surface area contributed by atoms with E-state index in [1.807, 2.05) is 24.3 Å². The van der Waals surface area contributed by atoms with E-state index in [1.165, 1.54) is 19.3 Å². The molecule has 3 fully saturated rings. The number of carbonyl (C=O) groups is 2. The summed E-state index contributed by atoms with van der Waals surface area (Å²) < 4.78 is 0. The molecule has 0 atom stereocenters. The van der Waals surface area contributed by atoms with Crippen LogP contribution in [-0.4, -0.2) is 18.4 Å². The Morgan fingerprint density at radius 3 is 2.24 bits per heavy atom. The lowest BCUT2D eigenvalue weighted by atomic mass is 9.68. The van der Waals surface area contributed by atoms with Crippen molar-refractivity contribution >= 4 is 17.5 Å². The minimum Gasteiger partial charge on any atom is -0.355 e. The Kier molecular flexibility index (Phi) is 4.53. The molecule has 2 amide bonds. The van der Waals surface area contributed by atoms with Gasteiger partial charge in [-0.05, 0) is 62.1 Å². The smallest absolute Gasteiger partial charge is 0.230 e. The van der Waals surface area contributed by atoms with Crippen molar-refractivity contribution in [3.63, 3.8) is 0 Å². The van der Waals surface area contributed by atoms with Gasteiger partial charge in [-0.3, -0.25) is 9.59 Å². The van der Waals surface area contributed by atoms with E-state index in [4.69, 9.17) is 0 Å². The molecule has 0 heterocycles. The summed E-state index contributed by atoms with van der Waals surface area (Å²) in [6, 6.07) is 8.01. The number of nitrogens with one attached hydrogen (secondary N) is 2. The van der Waals surface area contributed by atoms with Crippen molar-refractivity contribution in [3.05, 3.63) is 29.8 Å². The summed E-state index contributed by atoms with van der Waals surface area (Å²) in [4.78, 5) is 24.9. The monoisotopic (exact) mass is 340 g/mol. The molecule has 0 aromatic heterocycles. The number of hydrogen-bond donors (Lipinski definition) is 2. The maximum atomic E-state index is 13.0. The van der Waals surface area contributed by atoms with Gasteiger partial charge < -0.3 is 10.6 Å². The first-order valence-corrected chi connectivity index (χ1v) is 9.87. The summed E-state index contributed by atoms with van der Waals surface area (Å²) in [7, 11) is 0. The first-order valence-electron chi connectivity index (χ1n) is 9.87. The van der Waals surface area contributed by atoms with Gasteiger partial charge in [-0.2, -0.15) is 0 Å². The Hall–Kier alpha value is -1.84. The SMILES string of the molecule is O=C(Nc1ccc(C2(C(=O)NCC3CC3)CCCCC2)cc1)C1CC1. The van der Waals surface area contributed by atoms with Crippen LogP contribution in [0.25, 0.3) is 0 Å². The highest BCUT2D eigenvalue weighted by atomic mass is 16.2. The third-order valence-corrected chi connectivity index (χ3v) is 6.04. The van der Waals surface area contributed by atoms with Crippen LogP contribution in [0.2, 0.25) is 0 Å². The summed E-state index contributed by atoms with van der Waals surface area (Å²) >= 11 is 0. The zero-order chi connectivity index (χ0) is 17.3. The third-order valence-electron chi connectivity index (χ3n) is 6.04. The second-order valence-electron chi connectivity index (χ2n) is 8.14. The van der Waals surface area contributed by atoms with Crippen LogP contribution in [0.3, 0.4) is 0 Å². The maximum absolute atomic E-state index is 13.0. The molecule has 0 saturated heterocycles. The van der Waals surface area contributed by atoms with Crippen LogP contribution in [0.15, 0.2) is 24.3 Å². The van der Waals surface area contributed by atoms with E-state index in [0.717, 1.165) is 56.3 Å². The van der Waals surface area contributed by atoms with Crippen molar-refractivity contribution in [1.82, 2.24) is 5.32 Å². The fourth-order valence-corrected chi connectivity index (χ4v) is 3.99. The number of hydrogen-bond acceptors (Lipinski definition) is 2. The van der Waals surface area contributed by atoms with Crippen LogP contribution in [0.5, 0.6) is 0 Å². The van der Waals surface area contributed by atoms with Gasteiger partial charge in [0.1, 0.15) is 0 Å². The van der Waals surface area contributed by atoms with E-state index in [0.29, 0.717) is 5.92 Å². The summed E-state index contributed by atoms with van der Waals surface area (Å²) in [5.41, 5.74) is 1.56. The van der Waals surface area contributed by atoms with E-state index in [2.05, 4.69) is 10.6 Å². The Morgan fingerprint density at radius 1 is 0.960 bits per heavy atom. The third kappa shape index (κ3) is 3.73. The van der Waals surface area contributed by atoms with Crippen LogP contribution >= 0.6 is 0 Å². The summed E-state index contributed by atoms with van der Waals surface area (Å²) in [6.45, 7) is 0.829. The quantitative estimate of drug-likeness (QED) is 0.828. The Labute approximate surface area is 149 Å². The van der Waals surface area contributed by atoms with E-state index >= 15 is 0 Å². The van der Waals surface area contributed by atoms with Gasteiger partial charge in [-0.25, -0.2) is 0 Å². The van der Waals surface area contributed by atoms with Crippen LogP contribution in [0.1, 0.15) is 63.4 Å². The molecular formula is C21H28N2O2. The minimum atomic E-state index is -0.383. The molecule has 134 valence electrons. The van der Waals surface area contributed by atoms with Gasteiger partial charge in [0.15, 0.2) is 0 Å². The molecule has 0 unspecified atom stereocenters. The van der Waals surface area contributed by atoms with Gasteiger partial charge in [0.2, 0.25) is 11.8 Å². The highest BCUT2D eigenvalue weighted by molar-refractivity contribution is 5.94. The summed E-state index contributed by atoms with van der Waals surface area (Å²) in [5.74, 6) is 1.23. The molecule has 3 saturated carbocycles. The molecule has 0 bridgehead atoms. The standard InChI is InChI=1S/C21H28N2O2/c24-19(16-6-7-16)23-18-10-8-17(9-11-18)21(12-2-1-3-13-21)20(25)22-14-15-4-5-15/h8-11,15-16H,1-7,12-14H2,(H,22,25)(H,23,24). The van der Waals surface area contributed by atoms with Crippen LogP contribution in [0.4, 0.5) is 5.69 Å². The number of rotatable bonds is 6. The van der Waals surface area contributed by atoms with Gasteiger partial charge >= 0.3 is 0 Å². The van der Waals surface area contributed by atoms with Crippen LogP contribution < -0.4 is 10.6 Å². The molecule has 0 aliphatic heterocycles. The largest absolute Gasteiger partial charge is 0.355 e. The van der Waals surface area contributed by atoms with Crippen molar-refractivity contribution in [2.24, 2.45) is 11.8 Å². The molecule has 4 nitrogen and oxygen atoms in total. The first kappa shape index (κ1) is 16.6. The molecular weight excluding hydrogens is 312 g/mol. The molecule has 25 heavy (non-hydrogen) atoms. The average Bonchev–Trinajstić information content (AvgIpc) is 3.54. The number of amides is 2. The minimum absolute atomic E-state index is 0.127. The Balaban J connectivity index is 1.49. The van der Waals surface area contributed by atoms with Crippen molar-refractivity contribution in [1.29, 1.82) is 0 Å². The summed E-state index contributed by atoms with van der Waals surface area (Å²) in [5, 5.41) is 6.20. The highest BCUT2D eigenvalue weighted by Gasteiger charge is 2.41. The lowest BCUT2D eigenvalue weighted by Crippen LogP contribution is -2.46. The van der Waals surface area contributed by atoms with Gasteiger partial charge in [0.05, 0.1) is 5.41 Å². The molecule has 3 aliphatic rings. The van der Waals surface area contributed by atoms with E-state index in [1.54, 1.807) is 0 Å². The number of benzene rings is 1. The second-order valence-corrected chi connectivity index (χ2v) is 8.14. The van der Waals surface area contributed by atoms with E-state index in [-0.39, 0.29) is 23.1 Å². The van der Waals surface area contributed by atoms with Crippen molar-refractivity contribution in [3.8, 4) is 0 Å². The van der Waals surface area contributed by atoms with Crippen molar-refractivity contribution in [2.45, 2.75) is 63.2 Å². The van der Waals surface area contributed by atoms with Gasteiger partial charge in [-0.15, -0.1) is 0 Å². The zero-order valence-corrected chi connectivity index (χ0v) is 14.9. The zero-order valence-electron chi connectivity index (χ0n) is 14.9. The molecule has 4 heteroatoms. The first-order chi connectivity index (χ1) is 12.2. The Bertz CT molecular complexity index is 638. The topological polar surface area (TPSA) is 58.2 Å². The fraction of sp³-hybridized carbons (Fsp3) is 0.619. The van der Waals surface area contributed by atoms with Crippen LogP contribution in [0, 0.1) is 11.8 Å². The Morgan fingerprint density at radius 2 is 1.64 bits per heavy atom. The van der Waals surface area contributed by atoms with E-state index < -0.39 is 0 Å². The molecule has 1 aromatic rings. The molecule has 0 spiro atoms. The highest BCUT2D eigenvalue weighted by Crippen LogP contribution is 2.40. The molecule has 3 aliphatic carbocycles. The molecule has 0 radical (unpaired) electrons. The van der Waals surface area contributed by atoms with Crippen molar-refractivity contribution in [2.75, 3.05) is 11.9 Å². The number of anilines is 1. The molecule has 2 N–H and O–H groups in total. The normalized spacial score (nSPS) is 22.2.